The Kier molecular flexibility index (Phi) is 28.6. The number of hydrogen-bond acceptors (Lipinski definition) is 11. The quantitative estimate of drug-likeness (QED) is 0.0642. The predicted molar refractivity (Wildman–Crippen MR) is 478 cm³/mol. The minimum Gasteiger partial charge on any atom is -0.870 e. The zero-order valence-corrected chi connectivity index (χ0v) is 76.1. The van der Waals surface area contributed by atoms with Crippen molar-refractivity contribution in [1.82, 2.24) is 0 Å². The average molecular weight is 1570 g/mol. The first-order valence-corrected chi connectivity index (χ1v) is 40.7. The molecule has 0 aromatic heterocycles. The monoisotopic (exact) mass is 1570 g/mol. The summed E-state index contributed by atoms with van der Waals surface area (Å²) >= 11 is 0. The minimum atomic E-state index is -0.363. The molecule has 11 N–H and O–H groups in total. The highest BCUT2D eigenvalue weighted by atomic mass is 16.3. The topological polar surface area (TPSA) is 232 Å². The molecule has 0 saturated heterocycles. The lowest BCUT2D eigenvalue weighted by Gasteiger charge is -2.27. The van der Waals surface area contributed by atoms with E-state index < -0.39 is 0 Å². The molecule has 9 aromatic rings. The fourth-order valence-electron chi connectivity index (χ4n) is 14.3. The van der Waals surface area contributed by atoms with Gasteiger partial charge in [-0.3, -0.25) is 0 Å². The number of benzene rings is 9. The summed E-state index contributed by atoms with van der Waals surface area (Å²) in [4.78, 5) is 0. The summed E-state index contributed by atoms with van der Waals surface area (Å²) in [7, 11) is 9.50. The summed E-state index contributed by atoms with van der Waals surface area (Å²) in [6.45, 7) is 57.9. The van der Waals surface area contributed by atoms with Gasteiger partial charge >= 0.3 is 0 Å². The maximum atomic E-state index is 12.8. The summed E-state index contributed by atoms with van der Waals surface area (Å²) in [6.07, 6.45) is 1.45. The van der Waals surface area contributed by atoms with E-state index in [4.69, 9.17) is 10.2 Å². The molecule has 0 radical (unpaired) electrons. The Balaban J connectivity index is 0.000000964. The van der Waals surface area contributed by atoms with E-state index in [9.17, 15) is 40.9 Å². The van der Waals surface area contributed by atoms with Gasteiger partial charge < -0.3 is 61.0 Å². The average Bonchev–Trinajstić information content (AvgIpc) is 0.775. The van der Waals surface area contributed by atoms with Crippen molar-refractivity contribution in [2.75, 3.05) is 35.3 Å². The Labute approximate surface area is 691 Å². The number of hydrogen-bond donors (Lipinski definition) is 10. The number of rotatable bonds is 0. The van der Waals surface area contributed by atoms with E-state index in [1.54, 1.807) is 12.1 Å². The second kappa shape index (κ2) is 34.7. The van der Waals surface area contributed by atoms with Crippen LogP contribution in [0.3, 0.4) is 0 Å². The van der Waals surface area contributed by atoms with Crippen LogP contribution in [0, 0.1) is 0 Å². The second-order valence-electron chi connectivity index (χ2n) is 43.0. The molecular weight excluding hydrogens is 1430 g/mol. The molecule has 12 nitrogen and oxygen atoms in total. The zero-order valence-electron chi connectivity index (χ0n) is 76.1. The van der Waals surface area contributed by atoms with Crippen molar-refractivity contribution in [3.63, 3.8) is 0 Å². The lowest BCUT2D eigenvalue weighted by molar-refractivity contribution is -0.849. The van der Waals surface area contributed by atoms with Crippen molar-refractivity contribution in [3.8, 4) is 51.7 Å². The first-order chi connectivity index (χ1) is 51.9. The van der Waals surface area contributed by atoms with Crippen LogP contribution in [0.25, 0.3) is 0 Å². The van der Waals surface area contributed by atoms with Gasteiger partial charge in [-0.15, -0.1) is 0 Å². The summed E-state index contributed by atoms with van der Waals surface area (Å²) in [5, 5.41) is 118. The van der Waals surface area contributed by atoms with Gasteiger partial charge in [0.2, 0.25) is 0 Å². The molecule has 16 bridgehead atoms. The van der Waals surface area contributed by atoms with Gasteiger partial charge in [0.15, 0.2) is 0 Å². The summed E-state index contributed by atoms with van der Waals surface area (Å²) in [5.74, 6) is 0.902. The van der Waals surface area contributed by atoms with Gasteiger partial charge in [-0.2, -0.15) is 0 Å². The van der Waals surface area contributed by atoms with Crippen LogP contribution in [-0.4, -0.2) is 96.3 Å². The maximum Gasteiger partial charge on any atom is 0.122 e. The normalized spacial score (nSPS) is 13.6. The van der Waals surface area contributed by atoms with Crippen LogP contribution in [0.5, 0.6) is 51.7 Å². The molecular formula is C103H143NO11. The van der Waals surface area contributed by atoms with Crippen LogP contribution in [0.15, 0.2) is 121 Å². The number of aliphatic hydroxyl groups is 1. The van der Waals surface area contributed by atoms with E-state index in [-0.39, 0.29) is 152 Å². The predicted octanol–water partition coefficient (Wildman–Crippen LogP) is 23.2. The van der Waals surface area contributed by atoms with Gasteiger partial charge in [-0.05, 0) is 200 Å². The van der Waals surface area contributed by atoms with Crippen LogP contribution in [0.4, 0.5) is 0 Å². The fourth-order valence-corrected chi connectivity index (χ4v) is 14.3. The first kappa shape index (κ1) is 94.9. The van der Waals surface area contributed by atoms with Crippen molar-refractivity contribution >= 4 is 0 Å². The smallest absolute Gasteiger partial charge is 0.122 e. The highest BCUT2D eigenvalue weighted by molar-refractivity contribution is 5.62. The lowest BCUT2D eigenvalue weighted by atomic mass is 9.79. The molecule has 0 unspecified atom stereocenters. The van der Waals surface area contributed by atoms with Crippen LogP contribution < -0.4 is 0 Å². The first-order valence-electron chi connectivity index (χ1n) is 40.7. The third-order valence-electron chi connectivity index (χ3n) is 21.9. The van der Waals surface area contributed by atoms with Gasteiger partial charge in [0.25, 0.3) is 0 Å². The molecule has 1 aliphatic carbocycles. The number of phenolic OH excluding ortho intramolecular Hbond substituents is 9. The molecule has 0 saturated carbocycles. The third-order valence-corrected chi connectivity index (χ3v) is 21.9. The third kappa shape index (κ3) is 24.1. The molecule has 12 heteroatoms. The number of phenols is 9. The van der Waals surface area contributed by atoms with Crippen molar-refractivity contribution in [2.45, 2.75) is 287 Å². The molecule has 0 aliphatic heterocycles. The fraction of sp³-hybridized carbons (Fsp3) is 0.476. The lowest BCUT2D eigenvalue weighted by Crippen LogP contribution is -2.27. The van der Waals surface area contributed by atoms with Crippen molar-refractivity contribution in [2.24, 2.45) is 0 Å². The zero-order chi connectivity index (χ0) is 86.4. The Bertz CT molecular complexity index is 3910. The molecule has 1 aliphatic rings. The highest BCUT2D eigenvalue weighted by Crippen LogP contribution is 2.47. The van der Waals surface area contributed by atoms with Gasteiger partial charge in [0.05, 0.1) is 28.2 Å². The second-order valence-corrected chi connectivity index (χ2v) is 43.0. The number of fused-ring (bicyclic) bond motifs is 16. The van der Waals surface area contributed by atoms with Crippen molar-refractivity contribution in [1.29, 1.82) is 0 Å². The van der Waals surface area contributed by atoms with E-state index in [0.717, 1.165) is 56.1 Å². The number of nitrogens with zero attached hydrogens (tertiary/aromatic N) is 1. The Hall–Kier alpha value is -8.94. The molecule has 115 heavy (non-hydrogen) atoms. The SMILES string of the molecule is CC(C)(C)c1cc2c(O)c(c1)Cc1cc(C(C)(C)C)cc(c1O)Cc1cc(C(C)(C)C)cc(c1O)Cc1cc(C(C)(C)C)cc(c1O)Cc1cc(C(C)(C)C)cc(c1O)Cc1cc(C(C)(C)C)cc(c1O)Cc1cc(C(C)(C)C)cc(c1O)Cc1cc(C(C)(C)C)cc(c1O)C2.CC(C)(C)c1ccc(O)cc1.CO.C[N+](C)(C)C.[OH-]. The van der Waals surface area contributed by atoms with E-state index in [2.05, 4.69) is 215 Å². The van der Waals surface area contributed by atoms with Crippen LogP contribution in [0.2, 0.25) is 0 Å². The molecule has 626 valence electrons. The molecule has 0 atom stereocenters. The minimum absolute atomic E-state index is 0. The Morgan fingerprint density at radius 2 is 0.270 bits per heavy atom. The van der Waals surface area contributed by atoms with Crippen LogP contribution >= 0.6 is 0 Å². The Morgan fingerprint density at radius 1 is 0.183 bits per heavy atom. The van der Waals surface area contributed by atoms with Crippen molar-refractivity contribution < 1.29 is 61.0 Å². The van der Waals surface area contributed by atoms with Crippen LogP contribution in [-0.2, 0) is 100 Å². The van der Waals surface area contributed by atoms with Crippen molar-refractivity contribution in [3.05, 3.63) is 260 Å². The molecule has 0 heterocycles. The maximum absolute atomic E-state index is 12.8. The molecule has 0 amide bonds. The molecule has 0 spiro atoms. The van der Waals surface area contributed by atoms with E-state index in [1.807, 2.05) is 109 Å². The van der Waals surface area contributed by atoms with E-state index in [0.29, 0.717) is 94.8 Å². The number of aliphatic hydroxyl groups excluding tert-OH is 1. The van der Waals surface area contributed by atoms with Gasteiger partial charge in [-0.25, -0.2) is 0 Å². The molecule has 10 rings (SSSR count). The summed E-state index contributed by atoms with van der Waals surface area (Å²) in [5.41, 5.74) is 16.3. The highest BCUT2D eigenvalue weighted by Gasteiger charge is 2.32. The van der Waals surface area contributed by atoms with Gasteiger partial charge in [0, 0.05) is 58.5 Å². The number of quaternary nitrogens is 1. The number of aromatic hydroxyl groups is 9. The molecule has 9 aromatic carbocycles. The van der Waals surface area contributed by atoms with Gasteiger partial charge in [-0.1, -0.05) is 296 Å². The van der Waals surface area contributed by atoms with Gasteiger partial charge in [0.1, 0.15) is 51.7 Å². The summed E-state index contributed by atoms with van der Waals surface area (Å²) < 4.78 is 1.00. The Morgan fingerprint density at radius 3 is 0.348 bits per heavy atom. The summed E-state index contributed by atoms with van der Waals surface area (Å²) in [6, 6.07) is 40.0. The molecule has 0 fully saturated rings. The largest absolute Gasteiger partial charge is 0.870 e. The standard InChI is InChI=1S/C88H112O8.C10H14O.C4H12N.CH4O.H2O/c1-81(2,3)65-33-49-25-51-35-66(82(4,5)6)37-53(74(51)90)27-55-39-68(84(10,11)12)41-57(76(55)92)29-59-43-70(86(16,17)18)45-61(78(59)94)31-63-47-72(88(22,23)24)48-64(80(63)96)32-62-46-71(87(19,20)21)44-60(79(62)95)30-58-42-69(85(13,14)15)40-56(77(58)93)28-54-38-67(83(7,8)9)36-52(75(54)91)26-50(34-65)73(49)89;1-10(2,3)8-4-6-9(11)7-5-8;1-5(2,3)4;1-2;/h33-48,89-96H,25-32H2,1-24H3;4-7,11H,1-3H3;1-4H3;2H,1H3;1H2/q;;+1;;/p-1. The van der Waals surface area contributed by atoms with E-state index in [1.165, 1.54) is 5.56 Å². The van der Waals surface area contributed by atoms with E-state index >= 15 is 0 Å². The van der Waals surface area contributed by atoms with Crippen LogP contribution in [0.1, 0.15) is 326 Å².